The van der Waals surface area contributed by atoms with Crippen LogP contribution in [-0.2, 0) is 28.7 Å². The minimum Gasteiger partial charge on any atom is -0.463 e. The van der Waals surface area contributed by atoms with Gasteiger partial charge >= 0.3 is 5.97 Å². The standard InChI is InChI=1S/C36H51N3O7/c1-6-8-18-28(41)45-24-26(25-16-12-11-13-17-25)37-32(42)29-27-19-20-36(46-27)30(29)33(43)38(22-14-9-10-15-23-40)31(36)34(44)39(21-7-2)35(3,4)5/h6-7,11-13,16-17,26-27,29-31,40H,1-2,8-10,14-15,18-24H2,3-5H3,(H,37,42)/t26-,27+,29-,30-,31+,36-/m0/s1. The summed E-state index contributed by atoms with van der Waals surface area (Å²) >= 11 is 0. The highest BCUT2D eigenvalue weighted by Gasteiger charge is 2.74. The average Bonchev–Trinajstić information content (AvgIpc) is 3.67. The van der Waals surface area contributed by atoms with Crippen molar-refractivity contribution in [3.05, 3.63) is 61.2 Å². The van der Waals surface area contributed by atoms with E-state index in [9.17, 15) is 24.3 Å². The van der Waals surface area contributed by atoms with Crippen LogP contribution in [0.3, 0.4) is 0 Å². The lowest BCUT2D eigenvalue weighted by molar-refractivity contribution is -0.151. The van der Waals surface area contributed by atoms with Crippen molar-refractivity contribution in [1.29, 1.82) is 0 Å². The number of hydrogen-bond donors (Lipinski definition) is 2. The number of hydrogen-bond acceptors (Lipinski definition) is 7. The van der Waals surface area contributed by atoms with E-state index in [4.69, 9.17) is 9.47 Å². The Bertz CT molecular complexity index is 1260. The molecule has 0 aromatic heterocycles. The molecule has 0 unspecified atom stereocenters. The van der Waals surface area contributed by atoms with Crippen molar-refractivity contribution in [2.75, 3.05) is 26.3 Å². The van der Waals surface area contributed by atoms with E-state index in [1.54, 1.807) is 22.0 Å². The molecule has 0 aliphatic carbocycles. The fourth-order valence-corrected chi connectivity index (χ4v) is 7.33. The van der Waals surface area contributed by atoms with Crippen LogP contribution in [0.1, 0.15) is 83.7 Å². The maximum absolute atomic E-state index is 14.5. The molecule has 3 fully saturated rings. The topological polar surface area (TPSA) is 125 Å². The summed E-state index contributed by atoms with van der Waals surface area (Å²) in [4.78, 5) is 58.8. The quantitative estimate of drug-likeness (QED) is 0.150. The van der Waals surface area contributed by atoms with Crippen LogP contribution in [0, 0.1) is 11.8 Å². The smallest absolute Gasteiger partial charge is 0.306 e. The lowest BCUT2D eigenvalue weighted by atomic mass is 9.70. The molecule has 2 N–H and O–H groups in total. The Morgan fingerprint density at radius 3 is 2.52 bits per heavy atom. The molecule has 0 saturated carbocycles. The molecule has 3 heterocycles. The molecular weight excluding hydrogens is 586 g/mol. The molecule has 4 rings (SSSR count). The number of aliphatic hydroxyl groups is 1. The van der Waals surface area contributed by atoms with Gasteiger partial charge in [0.05, 0.1) is 24.0 Å². The van der Waals surface area contributed by atoms with Gasteiger partial charge < -0.3 is 29.7 Å². The maximum atomic E-state index is 14.5. The molecule has 1 aromatic carbocycles. The summed E-state index contributed by atoms with van der Waals surface area (Å²) < 4.78 is 12.2. The Balaban J connectivity index is 1.62. The van der Waals surface area contributed by atoms with Gasteiger partial charge in [0, 0.05) is 31.7 Å². The summed E-state index contributed by atoms with van der Waals surface area (Å²) in [7, 11) is 0. The highest BCUT2D eigenvalue weighted by molar-refractivity contribution is 5.99. The van der Waals surface area contributed by atoms with Crippen molar-refractivity contribution >= 4 is 23.7 Å². The number of unbranched alkanes of at least 4 members (excludes halogenated alkanes) is 3. The minimum atomic E-state index is -1.12. The van der Waals surface area contributed by atoms with E-state index in [1.165, 1.54) is 0 Å². The zero-order chi connectivity index (χ0) is 33.5. The lowest BCUT2D eigenvalue weighted by Crippen LogP contribution is -2.60. The summed E-state index contributed by atoms with van der Waals surface area (Å²) in [6.07, 6.45) is 7.54. The predicted octanol–water partition coefficient (Wildman–Crippen LogP) is 4.09. The Labute approximate surface area is 273 Å². The van der Waals surface area contributed by atoms with Gasteiger partial charge in [0.25, 0.3) is 0 Å². The van der Waals surface area contributed by atoms with Crippen LogP contribution < -0.4 is 5.32 Å². The van der Waals surface area contributed by atoms with Gasteiger partial charge in [-0.1, -0.05) is 55.3 Å². The van der Waals surface area contributed by atoms with Crippen molar-refractivity contribution in [3.63, 3.8) is 0 Å². The van der Waals surface area contributed by atoms with Crippen LogP contribution in [0.4, 0.5) is 0 Å². The van der Waals surface area contributed by atoms with E-state index < -0.39 is 41.2 Å². The summed E-state index contributed by atoms with van der Waals surface area (Å²) in [5, 5.41) is 12.3. The van der Waals surface area contributed by atoms with Crippen molar-refractivity contribution in [1.82, 2.24) is 15.1 Å². The zero-order valence-corrected chi connectivity index (χ0v) is 27.6. The summed E-state index contributed by atoms with van der Waals surface area (Å²) in [6.45, 7) is 14.1. The Morgan fingerprint density at radius 2 is 1.87 bits per heavy atom. The van der Waals surface area contributed by atoms with Gasteiger partial charge in [-0.2, -0.15) is 0 Å². The van der Waals surface area contributed by atoms with E-state index in [2.05, 4.69) is 18.5 Å². The number of benzene rings is 1. The van der Waals surface area contributed by atoms with Crippen LogP contribution in [0.5, 0.6) is 0 Å². The number of nitrogens with one attached hydrogen (secondary N) is 1. The Hall–Kier alpha value is -3.50. The second-order valence-corrected chi connectivity index (χ2v) is 13.6. The first-order chi connectivity index (χ1) is 22.0. The number of likely N-dealkylation sites (tertiary alicyclic amines) is 1. The molecule has 3 aliphatic heterocycles. The highest BCUT2D eigenvalue weighted by atomic mass is 16.5. The van der Waals surface area contributed by atoms with E-state index in [0.29, 0.717) is 45.2 Å². The van der Waals surface area contributed by atoms with Crippen LogP contribution in [0.15, 0.2) is 55.6 Å². The normalized spacial score (nSPS) is 25.6. The van der Waals surface area contributed by atoms with Crippen LogP contribution in [0.2, 0.25) is 0 Å². The third-order valence-electron chi connectivity index (χ3n) is 9.51. The Kier molecular flexibility index (Phi) is 11.8. The van der Waals surface area contributed by atoms with E-state index in [0.717, 1.165) is 18.4 Å². The van der Waals surface area contributed by atoms with E-state index in [1.807, 2.05) is 51.1 Å². The van der Waals surface area contributed by atoms with Crippen LogP contribution in [0.25, 0.3) is 0 Å². The second kappa shape index (κ2) is 15.4. The molecule has 3 saturated heterocycles. The largest absolute Gasteiger partial charge is 0.463 e. The van der Waals surface area contributed by atoms with E-state index in [-0.39, 0.29) is 43.3 Å². The minimum absolute atomic E-state index is 0.0586. The fraction of sp³-hybridized carbons (Fsp3) is 0.611. The molecule has 1 spiro atoms. The van der Waals surface area contributed by atoms with Crippen molar-refractivity contribution in [3.8, 4) is 0 Å². The molecule has 6 atom stereocenters. The molecule has 3 amide bonds. The first kappa shape index (κ1) is 35.4. The number of esters is 1. The molecule has 252 valence electrons. The van der Waals surface area contributed by atoms with E-state index >= 15 is 0 Å². The second-order valence-electron chi connectivity index (χ2n) is 13.6. The Morgan fingerprint density at radius 1 is 1.15 bits per heavy atom. The number of amides is 3. The number of aliphatic hydroxyl groups excluding tert-OH is 1. The van der Waals surface area contributed by atoms with Gasteiger partial charge in [-0.25, -0.2) is 0 Å². The number of nitrogens with zero attached hydrogens (tertiary/aromatic N) is 2. The summed E-state index contributed by atoms with van der Waals surface area (Å²) in [5.74, 6) is -2.77. The van der Waals surface area contributed by atoms with Crippen molar-refractivity contribution in [2.24, 2.45) is 11.8 Å². The number of carbonyl (C=O) groups is 4. The first-order valence-corrected chi connectivity index (χ1v) is 16.6. The third-order valence-corrected chi connectivity index (χ3v) is 9.51. The van der Waals surface area contributed by atoms with Crippen molar-refractivity contribution in [2.45, 2.75) is 101 Å². The van der Waals surface area contributed by atoms with Gasteiger partial charge in [-0.3, -0.25) is 19.2 Å². The molecule has 10 heteroatoms. The average molecular weight is 638 g/mol. The molecule has 3 aliphatic rings. The molecule has 46 heavy (non-hydrogen) atoms. The number of carbonyl (C=O) groups excluding carboxylic acids is 4. The summed E-state index contributed by atoms with van der Waals surface area (Å²) in [6, 6.07) is 7.79. The number of rotatable bonds is 17. The van der Waals surface area contributed by atoms with Crippen LogP contribution in [-0.4, -0.2) is 88.2 Å². The maximum Gasteiger partial charge on any atom is 0.306 e. The zero-order valence-electron chi connectivity index (χ0n) is 27.6. The lowest BCUT2D eigenvalue weighted by Gasteiger charge is -2.42. The van der Waals surface area contributed by atoms with Gasteiger partial charge in [0.2, 0.25) is 17.7 Å². The van der Waals surface area contributed by atoms with Gasteiger partial charge in [0.15, 0.2) is 0 Å². The van der Waals surface area contributed by atoms with Crippen molar-refractivity contribution < 1.29 is 33.8 Å². The monoisotopic (exact) mass is 637 g/mol. The molecule has 2 bridgehead atoms. The fourth-order valence-electron chi connectivity index (χ4n) is 7.33. The number of allylic oxidation sites excluding steroid dienone is 1. The molecule has 0 radical (unpaired) electrons. The number of ether oxygens (including phenoxy) is 2. The van der Waals surface area contributed by atoms with Crippen LogP contribution >= 0.6 is 0 Å². The highest BCUT2D eigenvalue weighted by Crippen LogP contribution is 2.58. The first-order valence-electron chi connectivity index (χ1n) is 16.6. The summed E-state index contributed by atoms with van der Waals surface area (Å²) in [5.41, 5.74) is -0.877. The van der Waals surface area contributed by atoms with Gasteiger partial charge in [-0.05, 0) is 58.4 Å². The third kappa shape index (κ3) is 7.39. The predicted molar refractivity (Wildman–Crippen MR) is 174 cm³/mol. The SMILES string of the molecule is C=CCCC(=O)OC[C@H](NC(=O)[C@@H]1[C@H]2C(=O)N(CCCCCCO)[C@H](C(=O)N(CC=C)C(C)(C)C)[C@]23CC[C@H]1O3)c1ccccc1. The molecule has 1 aromatic rings. The molecule has 10 nitrogen and oxygen atoms in total. The number of fused-ring (bicyclic) bond motifs is 1. The van der Waals surface area contributed by atoms with Gasteiger partial charge in [0.1, 0.15) is 18.2 Å². The van der Waals surface area contributed by atoms with Gasteiger partial charge in [-0.15, -0.1) is 13.2 Å². The molecular formula is C36H51N3O7.